The molecule has 0 aliphatic heterocycles. The van der Waals surface area contributed by atoms with Crippen molar-refractivity contribution in [1.82, 2.24) is 0 Å². The van der Waals surface area contributed by atoms with Crippen LogP contribution in [0.3, 0.4) is 0 Å². The zero-order valence-corrected chi connectivity index (χ0v) is 16.9. The largest absolute Gasteiger partial charge is 0.223 e. The summed E-state index contributed by atoms with van der Waals surface area (Å²) in [6, 6.07) is 8.73. The molecule has 0 radical (unpaired) electrons. The summed E-state index contributed by atoms with van der Waals surface area (Å²) < 4.78 is 25.9. The molecule has 0 amide bonds. The summed E-state index contributed by atoms with van der Waals surface area (Å²) in [5.74, 6) is 0.384. The van der Waals surface area contributed by atoms with Gasteiger partial charge in [-0.2, -0.15) is 4.57 Å². The van der Waals surface area contributed by atoms with Gasteiger partial charge in [-0.15, -0.1) is 0 Å². The first-order chi connectivity index (χ1) is 12.6. The van der Waals surface area contributed by atoms with Crippen LogP contribution >= 0.6 is 0 Å². The van der Waals surface area contributed by atoms with Crippen molar-refractivity contribution >= 4 is 10.8 Å². The number of aromatic nitrogens is 1. The predicted molar refractivity (Wildman–Crippen MR) is 108 cm³/mol. The topological polar surface area (TPSA) is 3.88 Å². The Labute approximate surface area is 157 Å². The molecule has 26 heavy (non-hydrogen) atoms. The molecule has 0 aliphatic rings. The number of rotatable bonds is 3. The summed E-state index contributed by atoms with van der Waals surface area (Å²) in [7, 11) is 1.93. The molecule has 0 N–H and O–H groups in total. The lowest BCUT2D eigenvalue weighted by Crippen LogP contribution is -2.35. The van der Waals surface area contributed by atoms with Crippen molar-refractivity contribution < 1.29 is 10.3 Å². The smallest absolute Gasteiger partial charge is 0.206 e. The van der Waals surface area contributed by atoms with Gasteiger partial charge in [0.1, 0.15) is 12.9 Å². The fourth-order valence-corrected chi connectivity index (χ4v) is 3.77. The Morgan fingerprint density at radius 1 is 1.08 bits per heavy atom. The van der Waals surface area contributed by atoms with Crippen LogP contribution in [-0.2, 0) is 13.5 Å². The Morgan fingerprint density at radius 2 is 1.77 bits per heavy atom. The molecule has 1 aromatic heterocycles. The first kappa shape index (κ1) is 17.2. The number of benzene rings is 2. The summed E-state index contributed by atoms with van der Waals surface area (Å²) in [5.41, 5.74) is 6.28. The van der Waals surface area contributed by atoms with Crippen LogP contribution in [0.15, 0.2) is 30.3 Å². The number of pyridine rings is 1. The maximum absolute atomic E-state index is 15.3. The standard InChI is InChI=1S/C24H29FN/c1-14(2)10-19-8-9-21-20(13-19)12-17(5)26(7)24(21)22-18(6)15(3)11-16(4)23(22)25/h8-9,11-14H,10H2,1-7H3/q+1/i12D. The number of fused-ring (bicyclic) bond motifs is 1. The second kappa shape index (κ2) is 6.83. The van der Waals surface area contributed by atoms with Crippen LogP contribution in [0.25, 0.3) is 22.0 Å². The average Bonchev–Trinajstić information content (AvgIpc) is 2.60. The van der Waals surface area contributed by atoms with E-state index in [4.69, 9.17) is 1.37 Å². The molecule has 1 heterocycles. The lowest BCUT2D eigenvalue weighted by Gasteiger charge is -2.15. The van der Waals surface area contributed by atoms with Gasteiger partial charge in [0, 0.05) is 13.0 Å². The molecule has 0 saturated heterocycles. The Hall–Kier alpha value is -2.22. The van der Waals surface area contributed by atoms with Gasteiger partial charge in [-0.25, -0.2) is 4.39 Å². The van der Waals surface area contributed by atoms with Crippen LogP contribution in [0.4, 0.5) is 4.39 Å². The lowest BCUT2D eigenvalue weighted by atomic mass is 9.92. The van der Waals surface area contributed by atoms with Gasteiger partial charge in [0.15, 0.2) is 5.69 Å². The summed E-state index contributed by atoms with van der Waals surface area (Å²) in [6.07, 6.45) is 0.974. The minimum atomic E-state index is -0.168. The van der Waals surface area contributed by atoms with Crippen molar-refractivity contribution in [1.29, 1.82) is 0 Å². The van der Waals surface area contributed by atoms with Crippen LogP contribution in [0.5, 0.6) is 0 Å². The lowest BCUT2D eigenvalue weighted by molar-refractivity contribution is -0.665. The second-order valence-electron chi connectivity index (χ2n) is 7.92. The Balaban J connectivity index is 2.45. The van der Waals surface area contributed by atoms with Crippen molar-refractivity contribution in [2.45, 2.75) is 48.0 Å². The molecule has 0 aliphatic carbocycles. The zero-order valence-electron chi connectivity index (χ0n) is 17.9. The van der Waals surface area contributed by atoms with Crippen LogP contribution < -0.4 is 4.57 Å². The van der Waals surface area contributed by atoms with Gasteiger partial charge in [-0.3, -0.25) is 0 Å². The molecular weight excluding hydrogens is 321 g/mol. The molecular formula is C24H29FN+. The molecule has 1 nitrogen and oxygen atoms in total. The minimum Gasteiger partial charge on any atom is -0.206 e. The van der Waals surface area contributed by atoms with Crippen LogP contribution in [0.2, 0.25) is 0 Å². The highest BCUT2D eigenvalue weighted by Gasteiger charge is 2.25. The molecule has 0 spiro atoms. The molecule has 3 aromatic rings. The Bertz CT molecular complexity index is 1020. The maximum Gasteiger partial charge on any atom is 0.223 e. The number of hydrogen-bond donors (Lipinski definition) is 0. The average molecular weight is 352 g/mol. The summed E-state index contributed by atoms with van der Waals surface area (Å²) in [4.78, 5) is 0. The van der Waals surface area contributed by atoms with Crippen LogP contribution in [0, 0.1) is 39.4 Å². The van der Waals surface area contributed by atoms with Crippen LogP contribution in [-0.4, -0.2) is 0 Å². The monoisotopic (exact) mass is 351 g/mol. The zero-order chi connectivity index (χ0) is 20.0. The Morgan fingerprint density at radius 3 is 2.42 bits per heavy atom. The van der Waals surface area contributed by atoms with E-state index >= 15 is 4.39 Å². The molecule has 2 aromatic carbocycles. The summed E-state index contributed by atoms with van der Waals surface area (Å²) in [6.45, 7) is 12.2. The quantitative estimate of drug-likeness (QED) is 0.517. The van der Waals surface area contributed by atoms with Gasteiger partial charge < -0.3 is 0 Å². The van der Waals surface area contributed by atoms with Gasteiger partial charge in [-0.1, -0.05) is 32.0 Å². The van der Waals surface area contributed by atoms with Gasteiger partial charge in [-0.05, 0) is 66.8 Å². The maximum atomic E-state index is 15.3. The second-order valence-corrected chi connectivity index (χ2v) is 7.92. The van der Waals surface area contributed by atoms with Crippen molar-refractivity contribution in [2.24, 2.45) is 13.0 Å². The van der Waals surface area contributed by atoms with Crippen molar-refractivity contribution in [3.63, 3.8) is 0 Å². The van der Waals surface area contributed by atoms with E-state index in [0.717, 1.165) is 39.7 Å². The fraction of sp³-hybridized carbons (Fsp3) is 0.375. The van der Waals surface area contributed by atoms with E-state index in [2.05, 4.69) is 32.0 Å². The van der Waals surface area contributed by atoms with E-state index in [9.17, 15) is 0 Å². The van der Waals surface area contributed by atoms with E-state index in [1.54, 1.807) is 0 Å². The third kappa shape index (κ3) is 3.13. The predicted octanol–water partition coefficient (Wildman–Crippen LogP) is 5.90. The van der Waals surface area contributed by atoms with Gasteiger partial charge in [0.25, 0.3) is 0 Å². The van der Waals surface area contributed by atoms with Crippen molar-refractivity contribution in [3.05, 3.63) is 64.1 Å². The van der Waals surface area contributed by atoms with Crippen LogP contribution in [0.1, 0.15) is 43.2 Å². The molecule has 0 fully saturated rings. The summed E-state index contributed by atoms with van der Waals surface area (Å²) >= 11 is 0. The fourth-order valence-electron chi connectivity index (χ4n) is 3.77. The summed E-state index contributed by atoms with van der Waals surface area (Å²) in [5, 5.41) is 1.84. The number of hydrogen-bond acceptors (Lipinski definition) is 0. The highest BCUT2D eigenvalue weighted by atomic mass is 19.1. The Kier molecular flexibility index (Phi) is 4.52. The van der Waals surface area contributed by atoms with E-state index < -0.39 is 0 Å². The van der Waals surface area contributed by atoms with E-state index in [0.29, 0.717) is 23.1 Å². The normalized spacial score (nSPS) is 12.1. The molecule has 0 unspecified atom stereocenters. The number of halogens is 1. The molecule has 0 saturated carbocycles. The van der Waals surface area contributed by atoms with Crippen molar-refractivity contribution in [3.8, 4) is 11.3 Å². The van der Waals surface area contributed by atoms with Gasteiger partial charge in [0.2, 0.25) is 5.69 Å². The van der Waals surface area contributed by atoms with Gasteiger partial charge >= 0.3 is 0 Å². The number of aryl methyl sites for hydroxylation is 2. The first-order valence-corrected chi connectivity index (χ1v) is 9.32. The molecule has 0 bridgehead atoms. The molecule has 3 rings (SSSR count). The molecule has 2 heteroatoms. The van der Waals surface area contributed by atoms with E-state index in [1.807, 2.05) is 45.4 Å². The SMILES string of the molecule is [2H]c1c(C)[n+](C)c(-c2c(C)c(C)cc(C)c2F)c2ccc(CC(C)C)cc12. The number of nitrogens with zero attached hydrogens (tertiary/aromatic N) is 1. The highest BCUT2D eigenvalue weighted by molar-refractivity contribution is 5.94. The highest BCUT2D eigenvalue weighted by Crippen LogP contribution is 2.34. The molecule has 136 valence electrons. The minimum absolute atomic E-state index is 0.168. The molecule has 0 atom stereocenters. The van der Waals surface area contributed by atoms with E-state index in [-0.39, 0.29) is 5.82 Å². The third-order valence-corrected chi connectivity index (χ3v) is 5.34. The van der Waals surface area contributed by atoms with Gasteiger partial charge in [0.05, 0.1) is 12.3 Å². The van der Waals surface area contributed by atoms with E-state index in [1.165, 1.54) is 5.56 Å². The van der Waals surface area contributed by atoms with Crippen molar-refractivity contribution in [2.75, 3.05) is 0 Å². The first-order valence-electron chi connectivity index (χ1n) is 9.82. The third-order valence-electron chi connectivity index (χ3n) is 5.34.